The predicted octanol–water partition coefficient (Wildman–Crippen LogP) is -0.311. The zero-order chi connectivity index (χ0) is 15.0. The van der Waals surface area contributed by atoms with Gasteiger partial charge < -0.3 is 5.73 Å². The molecule has 1 aromatic carbocycles. The summed E-state index contributed by atoms with van der Waals surface area (Å²) in [6.45, 7) is -0.789. The van der Waals surface area contributed by atoms with Crippen molar-refractivity contribution in [1.82, 2.24) is 5.32 Å². The normalized spacial score (nSPS) is 13.4. The Morgan fingerprint density at radius 1 is 1.25 bits per heavy atom. The number of hydrogen-bond donors (Lipinski definition) is 2. The first-order valence-electron chi connectivity index (χ1n) is 5.25. The summed E-state index contributed by atoms with van der Waals surface area (Å²) >= 11 is 0. The van der Waals surface area contributed by atoms with Crippen molar-refractivity contribution >= 4 is 29.3 Å². The Morgan fingerprint density at radius 3 is 2.50 bits per heavy atom. The Balaban J connectivity index is 2.38. The molecule has 0 bridgehead atoms. The number of hydrogen-bond acceptors (Lipinski definition) is 4. The number of fused-ring (bicyclic) bond motifs is 1. The van der Waals surface area contributed by atoms with Crippen LogP contribution in [0.15, 0.2) is 12.1 Å². The molecule has 9 heteroatoms. The van der Waals surface area contributed by atoms with Crippen molar-refractivity contribution in [1.29, 1.82) is 0 Å². The standard InChI is InChI=1S/C11H7F2N3O4/c12-4-1-5-8(6(13)2-4)16(10(19)9(5)18)3-7(17)15-11(14)20/h1-2H,3H2,(H3,14,15,17,20). The molecule has 0 aliphatic carbocycles. The molecule has 20 heavy (non-hydrogen) atoms. The minimum Gasteiger partial charge on any atom is -0.351 e. The topological polar surface area (TPSA) is 110 Å². The minimum atomic E-state index is -1.19. The van der Waals surface area contributed by atoms with Crippen LogP contribution in [0.4, 0.5) is 19.3 Å². The molecule has 4 amide bonds. The Labute approximate surface area is 110 Å². The highest BCUT2D eigenvalue weighted by atomic mass is 19.1. The summed E-state index contributed by atoms with van der Waals surface area (Å²) in [7, 11) is 0. The molecule has 1 aliphatic heterocycles. The number of nitrogens with two attached hydrogens (primary N) is 1. The third-order valence-corrected chi connectivity index (χ3v) is 2.55. The molecule has 0 radical (unpaired) electrons. The van der Waals surface area contributed by atoms with Crippen LogP contribution in [-0.4, -0.2) is 30.2 Å². The van der Waals surface area contributed by atoms with Gasteiger partial charge in [-0.05, 0) is 6.07 Å². The van der Waals surface area contributed by atoms with E-state index in [1.807, 2.05) is 0 Å². The van der Waals surface area contributed by atoms with Crippen LogP contribution >= 0.6 is 0 Å². The number of amides is 4. The summed E-state index contributed by atoms with van der Waals surface area (Å²) in [6, 6.07) is 0.0155. The second-order valence-corrected chi connectivity index (χ2v) is 3.92. The van der Waals surface area contributed by atoms with Crippen LogP contribution in [0.1, 0.15) is 10.4 Å². The van der Waals surface area contributed by atoms with E-state index in [-0.39, 0.29) is 0 Å². The summed E-state index contributed by atoms with van der Waals surface area (Å²) in [6.07, 6.45) is 0. The van der Waals surface area contributed by atoms with Crippen molar-refractivity contribution in [3.05, 3.63) is 29.3 Å². The van der Waals surface area contributed by atoms with Crippen LogP contribution in [-0.2, 0) is 9.59 Å². The Bertz CT molecular complexity index is 659. The molecule has 0 unspecified atom stereocenters. The number of Topliss-reactive ketones (excluding diaryl/α,β-unsaturated/α-hetero) is 1. The third kappa shape index (κ3) is 2.20. The molecular formula is C11H7F2N3O4. The first kappa shape index (κ1) is 13.6. The van der Waals surface area contributed by atoms with E-state index in [0.717, 1.165) is 0 Å². The average Bonchev–Trinajstić information content (AvgIpc) is 2.53. The van der Waals surface area contributed by atoms with Crippen LogP contribution in [0.2, 0.25) is 0 Å². The number of rotatable bonds is 2. The van der Waals surface area contributed by atoms with Gasteiger partial charge in [0.25, 0.3) is 11.7 Å². The fourth-order valence-corrected chi connectivity index (χ4v) is 1.82. The summed E-state index contributed by atoms with van der Waals surface area (Å²) in [5.74, 6) is -5.51. The Hall–Kier alpha value is -2.84. The molecule has 3 N–H and O–H groups in total. The van der Waals surface area contributed by atoms with Gasteiger partial charge in [0.15, 0.2) is 5.82 Å². The van der Waals surface area contributed by atoms with E-state index in [0.29, 0.717) is 17.0 Å². The molecule has 0 saturated carbocycles. The molecule has 1 heterocycles. The van der Waals surface area contributed by atoms with E-state index in [1.165, 1.54) is 0 Å². The number of benzene rings is 1. The fraction of sp³-hybridized carbons (Fsp3) is 0.0909. The van der Waals surface area contributed by atoms with E-state index in [2.05, 4.69) is 0 Å². The monoisotopic (exact) mass is 283 g/mol. The van der Waals surface area contributed by atoms with Gasteiger partial charge in [-0.25, -0.2) is 13.6 Å². The molecular weight excluding hydrogens is 276 g/mol. The maximum atomic E-state index is 13.7. The summed E-state index contributed by atoms with van der Waals surface area (Å²) < 4.78 is 26.7. The van der Waals surface area contributed by atoms with Gasteiger partial charge in [0.05, 0.1) is 11.3 Å². The van der Waals surface area contributed by atoms with Gasteiger partial charge >= 0.3 is 6.03 Å². The van der Waals surface area contributed by atoms with Crippen molar-refractivity contribution < 1.29 is 28.0 Å². The van der Waals surface area contributed by atoms with E-state index in [4.69, 9.17) is 5.73 Å². The smallest absolute Gasteiger partial charge is 0.318 e. The number of nitrogens with zero attached hydrogens (tertiary/aromatic N) is 1. The van der Waals surface area contributed by atoms with Gasteiger partial charge in [-0.3, -0.25) is 24.6 Å². The second-order valence-electron chi connectivity index (χ2n) is 3.92. The lowest BCUT2D eigenvalue weighted by molar-refractivity contribution is -0.121. The first-order valence-corrected chi connectivity index (χ1v) is 5.25. The minimum absolute atomic E-state index is 0.473. The van der Waals surface area contributed by atoms with Gasteiger partial charge in [-0.15, -0.1) is 0 Å². The van der Waals surface area contributed by atoms with Crippen molar-refractivity contribution in [2.45, 2.75) is 0 Å². The van der Waals surface area contributed by atoms with Gasteiger partial charge in [0.1, 0.15) is 12.4 Å². The highest BCUT2D eigenvalue weighted by molar-refractivity contribution is 6.52. The van der Waals surface area contributed by atoms with Crippen molar-refractivity contribution in [2.24, 2.45) is 5.73 Å². The lowest BCUT2D eigenvalue weighted by atomic mass is 10.1. The molecule has 0 spiro atoms. The number of imide groups is 1. The van der Waals surface area contributed by atoms with Crippen LogP contribution in [0.5, 0.6) is 0 Å². The second kappa shape index (κ2) is 4.68. The number of halogens is 2. The van der Waals surface area contributed by atoms with Crippen LogP contribution in [0, 0.1) is 11.6 Å². The maximum Gasteiger partial charge on any atom is 0.318 e. The number of carbonyl (C=O) groups is 4. The van der Waals surface area contributed by atoms with Crippen molar-refractivity contribution in [3.63, 3.8) is 0 Å². The zero-order valence-electron chi connectivity index (χ0n) is 9.78. The van der Waals surface area contributed by atoms with Crippen molar-refractivity contribution in [3.8, 4) is 0 Å². The molecule has 0 saturated heterocycles. The highest BCUT2D eigenvalue weighted by Crippen LogP contribution is 2.32. The number of carbonyl (C=O) groups excluding carboxylic acids is 4. The molecule has 2 rings (SSSR count). The van der Waals surface area contributed by atoms with Gasteiger partial charge in [-0.2, -0.15) is 0 Å². The van der Waals surface area contributed by atoms with Gasteiger partial charge in [0.2, 0.25) is 5.91 Å². The summed E-state index contributed by atoms with van der Waals surface area (Å²) in [5.41, 5.74) is 3.74. The number of anilines is 1. The number of urea groups is 1. The molecule has 0 aromatic heterocycles. The quantitative estimate of drug-likeness (QED) is 0.725. The number of ketones is 1. The predicted molar refractivity (Wildman–Crippen MR) is 60.8 cm³/mol. The largest absolute Gasteiger partial charge is 0.351 e. The average molecular weight is 283 g/mol. The summed E-state index contributed by atoms with van der Waals surface area (Å²) in [5, 5.41) is 1.66. The van der Waals surface area contributed by atoms with Gasteiger partial charge in [-0.1, -0.05) is 0 Å². The lowest BCUT2D eigenvalue weighted by Crippen LogP contribution is -2.44. The van der Waals surface area contributed by atoms with Crippen LogP contribution in [0.25, 0.3) is 0 Å². The molecule has 104 valence electrons. The SMILES string of the molecule is NC(=O)NC(=O)CN1C(=O)C(=O)c2cc(F)cc(F)c21. The zero-order valence-corrected chi connectivity index (χ0v) is 9.78. The molecule has 1 aliphatic rings. The fourth-order valence-electron chi connectivity index (χ4n) is 1.82. The van der Waals surface area contributed by atoms with E-state index >= 15 is 0 Å². The number of primary amides is 1. The van der Waals surface area contributed by atoms with Crippen molar-refractivity contribution in [2.75, 3.05) is 11.4 Å². The molecule has 1 aromatic rings. The van der Waals surface area contributed by atoms with Gasteiger partial charge in [0, 0.05) is 6.07 Å². The lowest BCUT2D eigenvalue weighted by Gasteiger charge is -2.15. The molecule has 0 fully saturated rings. The Kier molecular flexibility index (Phi) is 3.18. The van der Waals surface area contributed by atoms with Crippen LogP contribution < -0.4 is 16.0 Å². The molecule has 0 atom stereocenters. The van der Waals surface area contributed by atoms with E-state index in [9.17, 15) is 28.0 Å². The number of nitrogens with one attached hydrogen (secondary N) is 1. The maximum absolute atomic E-state index is 13.7. The Morgan fingerprint density at radius 2 is 1.90 bits per heavy atom. The van der Waals surface area contributed by atoms with Crippen LogP contribution in [0.3, 0.4) is 0 Å². The first-order chi connectivity index (χ1) is 9.31. The highest BCUT2D eigenvalue weighted by Gasteiger charge is 2.39. The van der Waals surface area contributed by atoms with E-state index < -0.39 is 53.1 Å². The third-order valence-electron chi connectivity index (χ3n) is 2.55. The summed E-state index contributed by atoms with van der Waals surface area (Å²) in [4.78, 5) is 45.5. The van der Waals surface area contributed by atoms with E-state index in [1.54, 1.807) is 5.32 Å². The molecule has 7 nitrogen and oxygen atoms in total.